The van der Waals surface area contributed by atoms with Crippen LogP contribution in [0.2, 0.25) is 0 Å². The predicted octanol–water partition coefficient (Wildman–Crippen LogP) is 1.41. The van der Waals surface area contributed by atoms with Gasteiger partial charge in [0.05, 0.1) is 5.56 Å². The van der Waals surface area contributed by atoms with E-state index < -0.39 is 0 Å². The van der Waals surface area contributed by atoms with Gasteiger partial charge < -0.3 is 4.74 Å². The molecule has 0 aromatic heterocycles. The summed E-state index contributed by atoms with van der Waals surface area (Å²) < 4.78 is 4.88. The van der Waals surface area contributed by atoms with Crippen molar-refractivity contribution in [1.29, 1.82) is 0 Å². The van der Waals surface area contributed by atoms with Crippen molar-refractivity contribution in [2.45, 2.75) is 0 Å². The Kier molecular flexibility index (Phi) is 1.12. The van der Waals surface area contributed by atoms with Gasteiger partial charge in [0, 0.05) is 0 Å². The van der Waals surface area contributed by atoms with Crippen LogP contribution in [0.15, 0.2) is 18.2 Å². The zero-order valence-electron chi connectivity index (χ0n) is 5.66. The summed E-state index contributed by atoms with van der Waals surface area (Å²) >= 11 is 0. The molecular formula is C8H5O3. The Morgan fingerprint density at radius 2 is 2.18 bits per heavy atom. The predicted molar refractivity (Wildman–Crippen MR) is 36.4 cm³/mol. The van der Waals surface area contributed by atoms with Crippen LogP contribution in [0.3, 0.4) is 0 Å². The monoisotopic (exact) mass is 149 g/mol. The van der Waals surface area contributed by atoms with E-state index in [2.05, 4.69) is 0 Å². The topological polar surface area (TPSA) is 46.2 Å². The van der Waals surface area contributed by atoms with Crippen molar-refractivity contribution in [2.75, 3.05) is 6.61 Å². The van der Waals surface area contributed by atoms with Crippen LogP contribution in [0, 0.1) is 0 Å². The smallest absolute Gasteiger partial charge is 0.221 e. The third kappa shape index (κ3) is 0.774. The first-order chi connectivity index (χ1) is 5.29. The first kappa shape index (κ1) is 6.22. The SMILES string of the molecule is [O]c1cccc2c1OCC2=O. The normalized spacial score (nSPS) is 14.4. The van der Waals surface area contributed by atoms with Crippen LogP contribution in [0.1, 0.15) is 10.4 Å². The van der Waals surface area contributed by atoms with Gasteiger partial charge in [-0.15, -0.1) is 0 Å². The summed E-state index contributed by atoms with van der Waals surface area (Å²) in [5.74, 6) is -0.122. The van der Waals surface area contributed by atoms with Gasteiger partial charge >= 0.3 is 0 Å². The molecule has 11 heavy (non-hydrogen) atoms. The molecule has 1 radical (unpaired) electrons. The highest BCUT2D eigenvalue weighted by Gasteiger charge is 2.23. The van der Waals surface area contributed by atoms with Crippen LogP contribution in [0.4, 0.5) is 0 Å². The Labute approximate surface area is 63.2 Å². The molecule has 0 aliphatic carbocycles. The van der Waals surface area contributed by atoms with Crippen molar-refractivity contribution in [1.82, 2.24) is 0 Å². The summed E-state index contributed by atoms with van der Waals surface area (Å²) in [7, 11) is 0. The van der Waals surface area contributed by atoms with Crippen molar-refractivity contribution in [3.8, 4) is 11.5 Å². The average Bonchev–Trinajstić information content (AvgIpc) is 2.35. The van der Waals surface area contributed by atoms with Gasteiger partial charge in [-0.1, -0.05) is 6.07 Å². The fraction of sp³-hybridized carbons (Fsp3) is 0.125. The number of para-hydroxylation sites is 1. The first-order valence-corrected chi connectivity index (χ1v) is 3.25. The molecule has 0 fully saturated rings. The molecule has 0 bridgehead atoms. The summed E-state index contributed by atoms with van der Waals surface area (Å²) in [5, 5.41) is 11.0. The highest BCUT2D eigenvalue weighted by molar-refractivity contribution is 6.02. The number of Topliss-reactive ketones (excluding diaryl/α,β-unsaturated/α-hetero) is 1. The van der Waals surface area contributed by atoms with Crippen molar-refractivity contribution >= 4 is 5.78 Å². The lowest BCUT2D eigenvalue weighted by atomic mass is 10.1. The minimum absolute atomic E-state index is 0.00852. The summed E-state index contributed by atoms with van der Waals surface area (Å²) in [4.78, 5) is 11.0. The third-order valence-corrected chi connectivity index (χ3v) is 1.63. The number of ketones is 1. The zero-order chi connectivity index (χ0) is 7.84. The zero-order valence-corrected chi connectivity index (χ0v) is 5.66. The number of fused-ring (bicyclic) bond motifs is 1. The molecule has 0 spiro atoms. The Morgan fingerprint density at radius 1 is 1.36 bits per heavy atom. The van der Waals surface area contributed by atoms with E-state index in [4.69, 9.17) is 4.74 Å². The molecule has 0 saturated heterocycles. The number of carbonyl (C=O) groups excluding carboxylic acids is 1. The maximum atomic E-state index is 11.0. The standard InChI is InChI=1S/C8H5O3/c9-6-3-1-2-5-7(10)4-11-8(5)6/h1-3H,4H2. The number of rotatable bonds is 0. The molecule has 3 nitrogen and oxygen atoms in total. The van der Waals surface area contributed by atoms with Crippen LogP contribution in [0.5, 0.6) is 11.5 Å². The van der Waals surface area contributed by atoms with E-state index in [1.54, 1.807) is 12.1 Å². The minimum Gasteiger partial charge on any atom is -0.481 e. The maximum absolute atomic E-state index is 11.0. The summed E-state index contributed by atoms with van der Waals surface area (Å²) in [6, 6.07) is 4.55. The minimum atomic E-state index is -0.214. The van der Waals surface area contributed by atoms with Gasteiger partial charge in [0.1, 0.15) is 0 Å². The van der Waals surface area contributed by atoms with Gasteiger partial charge in [0.15, 0.2) is 12.4 Å². The average molecular weight is 149 g/mol. The van der Waals surface area contributed by atoms with Crippen molar-refractivity contribution < 1.29 is 14.6 Å². The Balaban J connectivity index is 2.66. The molecule has 0 N–H and O–H groups in total. The third-order valence-electron chi connectivity index (χ3n) is 1.63. The van der Waals surface area contributed by atoms with Gasteiger partial charge in [0.25, 0.3) is 0 Å². The number of ether oxygens (including phenoxy) is 1. The van der Waals surface area contributed by atoms with Gasteiger partial charge in [-0.2, -0.15) is 0 Å². The molecule has 1 aromatic carbocycles. The van der Waals surface area contributed by atoms with Gasteiger partial charge in [-0.3, -0.25) is 9.90 Å². The fourth-order valence-electron chi connectivity index (χ4n) is 1.10. The highest BCUT2D eigenvalue weighted by Crippen LogP contribution is 2.34. The van der Waals surface area contributed by atoms with Crippen molar-refractivity contribution in [3.05, 3.63) is 23.8 Å². The quantitative estimate of drug-likeness (QED) is 0.559. The van der Waals surface area contributed by atoms with E-state index in [-0.39, 0.29) is 23.9 Å². The molecule has 0 saturated carbocycles. The second kappa shape index (κ2) is 1.99. The Hall–Kier alpha value is -1.51. The lowest BCUT2D eigenvalue weighted by Crippen LogP contribution is -1.98. The van der Waals surface area contributed by atoms with Crippen LogP contribution in [-0.4, -0.2) is 12.4 Å². The molecule has 1 aromatic rings. The molecule has 3 heteroatoms. The molecule has 55 valence electrons. The lowest BCUT2D eigenvalue weighted by Gasteiger charge is -1.95. The number of benzene rings is 1. The van der Waals surface area contributed by atoms with E-state index in [1.165, 1.54) is 6.07 Å². The molecule has 0 atom stereocenters. The van der Waals surface area contributed by atoms with Crippen molar-refractivity contribution in [3.63, 3.8) is 0 Å². The second-order valence-corrected chi connectivity index (χ2v) is 2.34. The largest absolute Gasteiger partial charge is 0.481 e. The van der Waals surface area contributed by atoms with E-state index in [0.29, 0.717) is 5.56 Å². The van der Waals surface area contributed by atoms with Crippen LogP contribution in [0.25, 0.3) is 0 Å². The molecule has 0 unspecified atom stereocenters. The molecule has 1 aliphatic heterocycles. The number of hydrogen-bond donors (Lipinski definition) is 0. The van der Waals surface area contributed by atoms with Crippen LogP contribution >= 0.6 is 0 Å². The molecule has 1 heterocycles. The molecule has 0 amide bonds. The Bertz CT molecular complexity index is 317. The summed E-state index contributed by atoms with van der Waals surface area (Å²) in [6.07, 6.45) is 0. The number of hydrogen-bond acceptors (Lipinski definition) is 2. The first-order valence-electron chi connectivity index (χ1n) is 3.25. The lowest BCUT2D eigenvalue weighted by molar-refractivity contribution is 0.0960. The van der Waals surface area contributed by atoms with Crippen molar-refractivity contribution in [2.24, 2.45) is 0 Å². The van der Waals surface area contributed by atoms with Gasteiger partial charge in [-0.25, -0.2) is 0 Å². The van der Waals surface area contributed by atoms with Crippen LogP contribution < -0.4 is 4.74 Å². The van der Waals surface area contributed by atoms with E-state index in [1.807, 2.05) is 0 Å². The molecule has 2 rings (SSSR count). The molecule has 1 aliphatic rings. The Morgan fingerprint density at radius 3 is 2.91 bits per heavy atom. The van der Waals surface area contributed by atoms with E-state index >= 15 is 0 Å². The summed E-state index contributed by atoms with van der Waals surface area (Å²) in [5.41, 5.74) is 0.414. The number of carbonyl (C=O) groups is 1. The van der Waals surface area contributed by atoms with Gasteiger partial charge in [0.2, 0.25) is 11.5 Å². The van der Waals surface area contributed by atoms with Crippen LogP contribution in [-0.2, 0) is 5.11 Å². The van der Waals surface area contributed by atoms with E-state index in [0.717, 1.165) is 0 Å². The van der Waals surface area contributed by atoms with E-state index in [9.17, 15) is 9.90 Å². The summed E-state index contributed by atoms with van der Waals surface area (Å²) in [6.45, 7) is 0.00852. The maximum Gasteiger partial charge on any atom is 0.221 e. The van der Waals surface area contributed by atoms with Gasteiger partial charge in [-0.05, 0) is 12.1 Å². The molecular weight excluding hydrogens is 144 g/mol. The highest BCUT2D eigenvalue weighted by atomic mass is 16.5. The second-order valence-electron chi connectivity index (χ2n) is 2.34. The fourth-order valence-corrected chi connectivity index (χ4v) is 1.10.